The molecule has 3 aliphatic heterocycles. The van der Waals surface area contributed by atoms with Crippen LogP contribution in [0.3, 0.4) is 0 Å². The van der Waals surface area contributed by atoms with Gasteiger partial charge in [0.05, 0.1) is 17.9 Å². The van der Waals surface area contributed by atoms with Crippen LogP contribution in [0.5, 0.6) is 0 Å². The van der Waals surface area contributed by atoms with Crippen LogP contribution in [0.2, 0.25) is 0 Å². The number of carbonyl (C=O) groups is 3. The standard InChI is InChI=1S/C30H36N2O5/c1-5-36-26(34)23-25(31)37-21-16-28(3,4)15-20(33)22(21)30(23)19-11-9-10-18-17(2)14-29(12-7-6-8-13-29)32(24(18)19)27(30)35/h9-11,17H,5-8,12-16,31H2,1-4H3/t17-,30+/m1/s1. The summed E-state index contributed by atoms with van der Waals surface area (Å²) in [4.78, 5) is 44.7. The normalized spacial score (nSPS) is 29.4. The highest BCUT2D eigenvalue weighted by Crippen LogP contribution is 2.63. The maximum Gasteiger partial charge on any atom is 0.341 e. The Morgan fingerprint density at radius 3 is 2.59 bits per heavy atom. The molecule has 37 heavy (non-hydrogen) atoms. The van der Waals surface area contributed by atoms with Crippen molar-refractivity contribution in [3.63, 3.8) is 0 Å². The molecule has 0 aromatic heterocycles. The van der Waals surface area contributed by atoms with E-state index in [1.165, 1.54) is 0 Å². The summed E-state index contributed by atoms with van der Waals surface area (Å²) in [5.41, 5.74) is 6.99. The minimum Gasteiger partial charge on any atom is -0.462 e. The van der Waals surface area contributed by atoms with E-state index in [0.717, 1.165) is 49.8 Å². The molecule has 6 rings (SSSR count). The van der Waals surface area contributed by atoms with Crippen molar-refractivity contribution in [2.24, 2.45) is 11.1 Å². The smallest absolute Gasteiger partial charge is 0.341 e. The Hall–Kier alpha value is -3.09. The molecule has 2 spiro atoms. The SMILES string of the molecule is CCOC(=O)C1=C(N)OC2=C(C(=O)CC(C)(C)C2)[C@]12C(=O)N1c3c(cccc32)[C@H](C)CC12CCCCC2. The zero-order valence-corrected chi connectivity index (χ0v) is 22.2. The molecular formula is C30H36N2O5. The molecule has 0 radical (unpaired) electrons. The fourth-order valence-corrected chi connectivity index (χ4v) is 7.96. The predicted molar refractivity (Wildman–Crippen MR) is 138 cm³/mol. The molecule has 2 aliphatic carbocycles. The molecule has 0 bridgehead atoms. The quantitative estimate of drug-likeness (QED) is 0.576. The number of rotatable bonds is 2. The highest BCUT2D eigenvalue weighted by atomic mass is 16.5. The van der Waals surface area contributed by atoms with Crippen molar-refractivity contribution < 1.29 is 23.9 Å². The van der Waals surface area contributed by atoms with Gasteiger partial charge in [-0.1, -0.05) is 58.2 Å². The number of nitrogens with two attached hydrogens (primary N) is 1. The van der Waals surface area contributed by atoms with Crippen LogP contribution in [-0.2, 0) is 29.3 Å². The third kappa shape index (κ3) is 3.09. The van der Waals surface area contributed by atoms with Crippen molar-refractivity contribution in [1.29, 1.82) is 0 Å². The Balaban J connectivity index is 1.70. The molecule has 1 aromatic carbocycles. The zero-order chi connectivity index (χ0) is 26.3. The van der Waals surface area contributed by atoms with Gasteiger partial charge in [0.1, 0.15) is 16.7 Å². The van der Waals surface area contributed by atoms with E-state index in [-0.39, 0.29) is 58.6 Å². The van der Waals surface area contributed by atoms with Crippen LogP contribution in [0.25, 0.3) is 0 Å². The van der Waals surface area contributed by atoms with Crippen LogP contribution < -0.4 is 10.6 Å². The van der Waals surface area contributed by atoms with E-state index in [1.54, 1.807) is 6.92 Å². The Morgan fingerprint density at radius 1 is 1.16 bits per heavy atom. The first kappa shape index (κ1) is 24.3. The van der Waals surface area contributed by atoms with Gasteiger partial charge < -0.3 is 20.1 Å². The first-order valence-corrected chi connectivity index (χ1v) is 13.7. The maximum atomic E-state index is 15.1. The Bertz CT molecular complexity index is 1300. The molecule has 7 heteroatoms. The lowest BCUT2D eigenvalue weighted by atomic mass is 9.61. The van der Waals surface area contributed by atoms with Crippen molar-refractivity contribution in [3.8, 4) is 0 Å². The summed E-state index contributed by atoms with van der Waals surface area (Å²) >= 11 is 0. The van der Waals surface area contributed by atoms with E-state index in [9.17, 15) is 9.59 Å². The predicted octanol–water partition coefficient (Wildman–Crippen LogP) is 4.89. The number of hydrogen-bond donors (Lipinski definition) is 1. The van der Waals surface area contributed by atoms with Gasteiger partial charge >= 0.3 is 5.97 Å². The molecule has 1 saturated carbocycles. The van der Waals surface area contributed by atoms with E-state index in [4.69, 9.17) is 15.2 Å². The maximum absolute atomic E-state index is 15.1. The van der Waals surface area contributed by atoms with Crippen LogP contribution in [0.1, 0.15) is 96.1 Å². The molecule has 1 fully saturated rings. The summed E-state index contributed by atoms with van der Waals surface area (Å²) in [6, 6.07) is 5.92. The highest BCUT2D eigenvalue weighted by Gasteiger charge is 2.68. The molecule has 2 atom stereocenters. The van der Waals surface area contributed by atoms with E-state index in [2.05, 4.69) is 13.0 Å². The van der Waals surface area contributed by atoms with Crippen LogP contribution in [0, 0.1) is 5.41 Å². The number of para-hydroxylation sites is 1. The fourth-order valence-electron chi connectivity index (χ4n) is 7.96. The van der Waals surface area contributed by atoms with E-state index in [0.29, 0.717) is 17.7 Å². The molecule has 196 valence electrons. The minimum atomic E-state index is -1.66. The monoisotopic (exact) mass is 504 g/mol. The molecule has 7 nitrogen and oxygen atoms in total. The lowest BCUT2D eigenvalue weighted by Gasteiger charge is -2.51. The molecule has 5 aliphatic rings. The van der Waals surface area contributed by atoms with Crippen molar-refractivity contribution >= 4 is 23.3 Å². The van der Waals surface area contributed by atoms with Crippen LogP contribution >= 0.6 is 0 Å². The lowest BCUT2D eigenvalue weighted by molar-refractivity contribution is -0.141. The van der Waals surface area contributed by atoms with E-state index >= 15 is 4.79 Å². The largest absolute Gasteiger partial charge is 0.462 e. The second kappa shape index (κ2) is 7.95. The summed E-state index contributed by atoms with van der Waals surface area (Å²) in [7, 11) is 0. The number of Topliss-reactive ketones (excluding diaryl/α,β-unsaturated/α-hetero) is 1. The van der Waals surface area contributed by atoms with Crippen molar-refractivity contribution in [3.05, 3.63) is 52.1 Å². The number of benzene rings is 1. The molecule has 3 heterocycles. The van der Waals surface area contributed by atoms with Crippen LogP contribution in [0.4, 0.5) is 5.69 Å². The van der Waals surface area contributed by atoms with Crippen LogP contribution in [0.15, 0.2) is 41.0 Å². The summed E-state index contributed by atoms with van der Waals surface area (Å²) in [6.45, 7) is 8.06. The minimum absolute atomic E-state index is 0.0485. The molecule has 1 aromatic rings. The first-order chi connectivity index (χ1) is 17.6. The highest BCUT2D eigenvalue weighted by molar-refractivity contribution is 6.24. The molecular weight excluding hydrogens is 468 g/mol. The fraction of sp³-hybridized carbons (Fsp3) is 0.567. The average molecular weight is 505 g/mol. The Kier molecular flexibility index (Phi) is 5.21. The van der Waals surface area contributed by atoms with Gasteiger partial charge in [-0.05, 0) is 43.1 Å². The first-order valence-electron chi connectivity index (χ1n) is 13.7. The number of ether oxygens (including phenoxy) is 2. The van der Waals surface area contributed by atoms with Gasteiger partial charge in [0.25, 0.3) is 0 Å². The molecule has 1 amide bonds. The number of nitrogens with zero attached hydrogens (tertiary/aromatic N) is 1. The summed E-state index contributed by atoms with van der Waals surface area (Å²) < 4.78 is 11.5. The van der Waals surface area contributed by atoms with Gasteiger partial charge in [-0.15, -0.1) is 0 Å². The third-order valence-electron chi connectivity index (χ3n) is 9.24. The number of anilines is 1. The number of carbonyl (C=O) groups excluding carboxylic acids is 3. The Labute approximate surface area is 218 Å². The topological polar surface area (TPSA) is 98.9 Å². The number of hydrogen-bond acceptors (Lipinski definition) is 6. The summed E-state index contributed by atoms with van der Waals surface area (Å²) in [5.74, 6) is -0.618. The second-order valence-corrected chi connectivity index (χ2v) is 12.3. The summed E-state index contributed by atoms with van der Waals surface area (Å²) in [6.07, 6.45) is 6.64. The van der Waals surface area contributed by atoms with Crippen LogP contribution in [-0.4, -0.2) is 29.8 Å². The molecule has 2 N–H and O–H groups in total. The van der Waals surface area contributed by atoms with Gasteiger partial charge in [0, 0.05) is 23.9 Å². The van der Waals surface area contributed by atoms with Gasteiger partial charge in [0.2, 0.25) is 11.8 Å². The van der Waals surface area contributed by atoms with Gasteiger partial charge in [-0.3, -0.25) is 9.59 Å². The molecule has 0 unspecified atom stereocenters. The number of fused-ring (bicyclic) bond motifs is 3. The van der Waals surface area contributed by atoms with E-state index in [1.807, 2.05) is 30.9 Å². The second-order valence-electron chi connectivity index (χ2n) is 12.3. The van der Waals surface area contributed by atoms with Gasteiger partial charge in [0.15, 0.2) is 5.78 Å². The Morgan fingerprint density at radius 2 is 1.89 bits per heavy atom. The molecule has 0 saturated heterocycles. The average Bonchev–Trinajstić information content (AvgIpc) is 3.07. The van der Waals surface area contributed by atoms with Gasteiger partial charge in [-0.2, -0.15) is 0 Å². The zero-order valence-electron chi connectivity index (χ0n) is 22.2. The number of ketones is 1. The number of allylic oxidation sites excluding steroid dienone is 1. The van der Waals surface area contributed by atoms with Crippen molar-refractivity contribution in [2.75, 3.05) is 11.5 Å². The van der Waals surface area contributed by atoms with Crippen molar-refractivity contribution in [2.45, 2.75) is 95.9 Å². The van der Waals surface area contributed by atoms with Gasteiger partial charge in [-0.25, -0.2) is 4.79 Å². The number of amides is 1. The summed E-state index contributed by atoms with van der Waals surface area (Å²) in [5, 5.41) is 0. The third-order valence-corrected chi connectivity index (χ3v) is 9.24. The number of esters is 1. The van der Waals surface area contributed by atoms with Crippen molar-refractivity contribution in [1.82, 2.24) is 0 Å². The van der Waals surface area contributed by atoms with E-state index < -0.39 is 11.4 Å². The lowest BCUT2D eigenvalue weighted by Crippen LogP contribution is -2.59.